The highest BCUT2D eigenvalue weighted by Crippen LogP contribution is 2.19. The molecule has 1 aliphatic heterocycles. The zero-order chi connectivity index (χ0) is 23.8. The molecule has 10 nitrogen and oxygen atoms in total. The zero-order valence-electron chi connectivity index (χ0n) is 18.4. The molecule has 0 unspecified atom stereocenters. The SMILES string of the molecule is CCOC(=O)c1cc(C(=O)NCCC(=O)N2CCN(c3ccccc3)CC2)cc([N+](=O)[O-])c1. The van der Waals surface area contributed by atoms with Crippen LogP contribution < -0.4 is 10.2 Å². The molecule has 33 heavy (non-hydrogen) atoms. The third-order valence-corrected chi connectivity index (χ3v) is 5.28. The first-order valence-corrected chi connectivity index (χ1v) is 10.7. The van der Waals surface area contributed by atoms with Crippen LogP contribution in [0.1, 0.15) is 34.1 Å². The number of non-ortho nitro benzene ring substituents is 1. The smallest absolute Gasteiger partial charge is 0.338 e. The number of carbonyl (C=O) groups is 3. The average molecular weight is 454 g/mol. The number of rotatable bonds is 8. The molecule has 0 saturated carbocycles. The molecular formula is C23H26N4O6. The summed E-state index contributed by atoms with van der Waals surface area (Å²) in [4.78, 5) is 51.4. The van der Waals surface area contributed by atoms with E-state index in [0.29, 0.717) is 13.1 Å². The van der Waals surface area contributed by atoms with E-state index in [9.17, 15) is 24.5 Å². The van der Waals surface area contributed by atoms with E-state index >= 15 is 0 Å². The molecule has 0 aromatic heterocycles. The van der Waals surface area contributed by atoms with Crippen molar-refractivity contribution in [2.75, 3.05) is 44.2 Å². The van der Waals surface area contributed by atoms with Crippen molar-refractivity contribution in [1.29, 1.82) is 0 Å². The standard InChI is InChI=1S/C23H26N4O6/c1-2-33-23(30)18-14-17(15-20(16-18)27(31)32)22(29)24-9-8-21(28)26-12-10-25(11-13-26)19-6-4-3-5-7-19/h3-7,14-16H,2,8-13H2,1H3,(H,24,29). The Morgan fingerprint density at radius 1 is 1.03 bits per heavy atom. The number of amides is 2. The molecule has 174 valence electrons. The van der Waals surface area contributed by atoms with Gasteiger partial charge in [-0.1, -0.05) is 18.2 Å². The summed E-state index contributed by atoms with van der Waals surface area (Å²) in [5.41, 5.74) is 0.605. The maximum atomic E-state index is 12.5. The van der Waals surface area contributed by atoms with Crippen molar-refractivity contribution >= 4 is 29.2 Å². The molecule has 1 fully saturated rings. The first kappa shape index (κ1) is 23.7. The summed E-state index contributed by atoms with van der Waals surface area (Å²) in [6, 6.07) is 13.4. The van der Waals surface area contributed by atoms with E-state index in [2.05, 4.69) is 10.2 Å². The van der Waals surface area contributed by atoms with Gasteiger partial charge in [0.2, 0.25) is 5.91 Å². The number of esters is 1. The highest BCUT2D eigenvalue weighted by Gasteiger charge is 2.22. The van der Waals surface area contributed by atoms with Gasteiger partial charge in [0.1, 0.15) is 0 Å². The van der Waals surface area contributed by atoms with Gasteiger partial charge in [-0.05, 0) is 25.1 Å². The van der Waals surface area contributed by atoms with Crippen LogP contribution in [0.4, 0.5) is 11.4 Å². The van der Waals surface area contributed by atoms with Gasteiger partial charge in [-0.15, -0.1) is 0 Å². The third kappa shape index (κ3) is 6.28. The van der Waals surface area contributed by atoms with Crippen molar-refractivity contribution in [3.8, 4) is 0 Å². The number of ether oxygens (including phenoxy) is 1. The van der Waals surface area contributed by atoms with Crippen LogP contribution in [0.25, 0.3) is 0 Å². The number of nitrogens with one attached hydrogen (secondary N) is 1. The van der Waals surface area contributed by atoms with Crippen LogP contribution in [-0.2, 0) is 9.53 Å². The molecule has 2 aromatic carbocycles. The summed E-state index contributed by atoms with van der Waals surface area (Å²) < 4.78 is 4.87. The van der Waals surface area contributed by atoms with Gasteiger partial charge >= 0.3 is 5.97 Å². The summed E-state index contributed by atoms with van der Waals surface area (Å²) in [7, 11) is 0. The number of nitrogens with zero attached hydrogens (tertiary/aromatic N) is 3. The summed E-state index contributed by atoms with van der Waals surface area (Å²) >= 11 is 0. The molecule has 0 aliphatic carbocycles. The van der Waals surface area contributed by atoms with E-state index in [1.54, 1.807) is 11.8 Å². The number of anilines is 1. The number of hydrogen-bond donors (Lipinski definition) is 1. The Labute approximate surface area is 191 Å². The van der Waals surface area contributed by atoms with Crippen molar-refractivity contribution in [2.45, 2.75) is 13.3 Å². The van der Waals surface area contributed by atoms with Gasteiger partial charge in [-0.3, -0.25) is 19.7 Å². The Kier molecular flexibility index (Phi) is 7.96. The first-order valence-electron chi connectivity index (χ1n) is 10.7. The molecule has 1 heterocycles. The number of para-hydroxylation sites is 1. The Balaban J connectivity index is 1.52. The van der Waals surface area contributed by atoms with E-state index in [-0.39, 0.29) is 36.6 Å². The second-order valence-corrected chi connectivity index (χ2v) is 7.46. The molecule has 0 atom stereocenters. The highest BCUT2D eigenvalue weighted by molar-refractivity contribution is 5.99. The minimum Gasteiger partial charge on any atom is -0.462 e. The van der Waals surface area contributed by atoms with E-state index in [1.165, 1.54) is 6.07 Å². The van der Waals surface area contributed by atoms with Crippen LogP contribution in [0.15, 0.2) is 48.5 Å². The van der Waals surface area contributed by atoms with E-state index in [1.807, 2.05) is 30.3 Å². The first-order chi connectivity index (χ1) is 15.9. The molecule has 3 rings (SSSR count). The predicted octanol–water partition coefficient (Wildman–Crippen LogP) is 2.24. The number of nitro benzene ring substituents is 1. The van der Waals surface area contributed by atoms with E-state index < -0.39 is 22.5 Å². The molecule has 1 saturated heterocycles. The van der Waals surface area contributed by atoms with Crippen LogP contribution in [0.5, 0.6) is 0 Å². The van der Waals surface area contributed by atoms with Gasteiger partial charge in [0.05, 0.1) is 17.1 Å². The Morgan fingerprint density at radius 3 is 2.33 bits per heavy atom. The minimum atomic E-state index is -0.750. The molecule has 1 aliphatic rings. The van der Waals surface area contributed by atoms with Crippen molar-refractivity contribution in [1.82, 2.24) is 10.2 Å². The summed E-state index contributed by atoms with van der Waals surface area (Å²) in [5, 5.41) is 13.8. The van der Waals surface area contributed by atoms with Crippen LogP contribution >= 0.6 is 0 Å². The van der Waals surface area contributed by atoms with Gasteiger partial charge in [-0.2, -0.15) is 0 Å². The van der Waals surface area contributed by atoms with Crippen molar-refractivity contribution in [3.05, 3.63) is 69.8 Å². The number of hydrogen-bond acceptors (Lipinski definition) is 7. The van der Waals surface area contributed by atoms with Gasteiger partial charge in [-0.25, -0.2) is 4.79 Å². The summed E-state index contributed by atoms with van der Waals surface area (Å²) in [6.07, 6.45) is 0.108. The quantitative estimate of drug-likeness (QED) is 0.369. The van der Waals surface area contributed by atoms with E-state index in [0.717, 1.165) is 30.9 Å². The monoisotopic (exact) mass is 454 g/mol. The van der Waals surface area contributed by atoms with Crippen LogP contribution in [0, 0.1) is 10.1 Å². The molecule has 0 radical (unpaired) electrons. The van der Waals surface area contributed by atoms with Gasteiger partial charge in [0.15, 0.2) is 0 Å². The molecule has 10 heteroatoms. The average Bonchev–Trinajstić information content (AvgIpc) is 2.84. The zero-order valence-corrected chi connectivity index (χ0v) is 18.4. The maximum absolute atomic E-state index is 12.5. The summed E-state index contributed by atoms with van der Waals surface area (Å²) in [5.74, 6) is -1.43. The fourth-order valence-electron chi connectivity index (χ4n) is 3.58. The second-order valence-electron chi connectivity index (χ2n) is 7.46. The van der Waals surface area contributed by atoms with Crippen molar-refractivity contribution in [2.24, 2.45) is 0 Å². The van der Waals surface area contributed by atoms with Gasteiger partial charge < -0.3 is 19.9 Å². The molecule has 1 N–H and O–H groups in total. The molecule has 0 spiro atoms. The normalized spacial score (nSPS) is 13.4. The van der Waals surface area contributed by atoms with Gasteiger partial charge in [0.25, 0.3) is 11.6 Å². The number of carbonyl (C=O) groups excluding carboxylic acids is 3. The number of benzene rings is 2. The predicted molar refractivity (Wildman–Crippen MR) is 121 cm³/mol. The second kappa shape index (κ2) is 11.1. The van der Waals surface area contributed by atoms with E-state index in [4.69, 9.17) is 4.74 Å². The Morgan fingerprint density at radius 2 is 1.70 bits per heavy atom. The molecule has 0 bridgehead atoms. The largest absolute Gasteiger partial charge is 0.462 e. The van der Waals surface area contributed by atoms with Crippen LogP contribution in [0.2, 0.25) is 0 Å². The topological polar surface area (TPSA) is 122 Å². The summed E-state index contributed by atoms with van der Waals surface area (Å²) in [6.45, 7) is 4.43. The fraction of sp³-hybridized carbons (Fsp3) is 0.348. The lowest BCUT2D eigenvalue weighted by molar-refractivity contribution is -0.384. The third-order valence-electron chi connectivity index (χ3n) is 5.28. The highest BCUT2D eigenvalue weighted by atomic mass is 16.6. The minimum absolute atomic E-state index is 0.0452. The number of piperazine rings is 1. The fourth-order valence-corrected chi connectivity index (χ4v) is 3.58. The van der Waals surface area contributed by atoms with Crippen molar-refractivity contribution < 1.29 is 24.0 Å². The maximum Gasteiger partial charge on any atom is 0.338 e. The molecular weight excluding hydrogens is 428 g/mol. The lowest BCUT2D eigenvalue weighted by Crippen LogP contribution is -2.49. The van der Waals surface area contributed by atoms with Gasteiger partial charge in [0, 0.05) is 62.5 Å². The Hall–Kier alpha value is -3.95. The lowest BCUT2D eigenvalue weighted by atomic mass is 10.1. The van der Waals surface area contributed by atoms with Crippen molar-refractivity contribution in [3.63, 3.8) is 0 Å². The van der Waals surface area contributed by atoms with Crippen LogP contribution in [-0.4, -0.2) is 66.9 Å². The molecule has 2 amide bonds. The lowest BCUT2D eigenvalue weighted by Gasteiger charge is -2.36. The number of nitro groups is 1. The Bertz CT molecular complexity index is 1020. The van der Waals surface area contributed by atoms with Crippen LogP contribution in [0.3, 0.4) is 0 Å². The molecule has 2 aromatic rings.